The van der Waals surface area contributed by atoms with E-state index in [9.17, 15) is 22.0 Å². The van der Waals surface area contributed by atoms with Crippen molar-refractivity contribution in [2.24, 2.45) is 12.8 Å². The molecule has 3 N–H and O–H groups in total. The minimum Gasteiger partial charge on any atom is -0.335 e. The molecule has 2 bridgehead atoms. The van der Waals surface area contributed by atoms with Gasteiger partial charge < -0.3 is 10.6 Å². The average Bonchev–Trinajstić information content (AvgIpc) is 3.22. The highest BCUT2D eigenvalue weighted by atomic mass is 32.2. The van der Waals surface area contributed by atoms with Crippen LogP contribution in [0, 0.1) is 6.57 Å². The molecule has 2 aromatic heterocycles. The van der Waals surface area contributed by atoms with Crippen molar-refractivity contribution < 1.29 is 22.0 Å². The molecule has 15 heteroatoms. The zero-order valence-corrected chi connectivity index (χ0v) is 23.5. The second-order valence-corrected chi connectivity index (χ2v) is 13.7. The van der Waals surface area contributed by atoms with Crippen LogP contribution in [0.4, 0.5) is 8.78 Å². The van der Waals surface area contributed by atoms with Gasteiger partial charge in [0.1, 0.15) is 5.69 Å². The molecule has 2 unspecified atom stereocenters. The van der Waals surface area contributed by atoms with Gasteiger partial charge in [-0.1, -0.05) is 11.3 Å². The van der Waals surface area contributed by atoms with E-state index in [1.54, 1.807) is 24.7 Å². The van der Waals surface area contributed by atoms with Crippen molar-refractivity contribution in [2.75, 3.05) is 0 Å². The van der Waals surface area contributed by atoms with Crippen LogP contribution in [-0.4, -0.2) is 63.0 Å². The van der Waals surface area contributed by atoms with Crippen LogP contribution in [0.2, 0.25) is 0 Å². The molecule has 4 heterocycles. The lowest BCUT2D eigenvalue weighted by Gasteiger charge is -2.40. The first-order valence-corrected chi connectivity index (χ1v) is 15.4. The first-order valence-electron chi connectivity index (χ1n) is 13.1. The van der Waals surface area contributed by atoms with E-state index in [2.05, 4.69) is 24.9 Å². The molecule has 1 aromatic carbocycles. The van der Waals surface area contributed by atoms with Crippen LogP contribution in [0.3, 0.4) is 0 Å². The number of aryl methyl sites for hydroxylation is 1. The molecule has 3 aliphatic rings. The Morgan fingerprint density at radius 1 is 1.25 bits per heavy atom. The van der Waals surface area contributed by atoms with Gasteiger partial charge >= 0.3 is 0 Å². The van der Waals surface area contributed by atoms with Crippen LogP contribution in [0.15, 0.2) is 17.0 Å². The van der Waals surface area contributed by atoms with Gasteiger partial charge in [-0.25, -0.2) is 23.8 Å². The standard InChI is InChI=1S/C25H28F2N8O3S2/c1-12(28)24(36)35-14-4-5-15(35)9-13(8-14)17-10-16(40(37,38)33-25(29-2)6-7-25)11-18-19(32-34(3)20(17)18)22-30-31-23(39-22)21(26)27/h10-15,21,33H,4-9,28H2,1,3H3/t12-,13?,14?,15?/m0/s1. The predicted octanol–water partition coefficient (Wildman–Crippen LogP) is 3.30. The van der Waals surface area contributed by atoms with Crippen molar-refractivity contribution in [1.29, 1.82) is 0 Å². The Morgan fingerprint density at radius 3 is 2.48 bits per heavy atom. The third kappa shape index (κ3) is 4.47. The molecule has 212 valence electrons. The number of piperidine rings is 1. The fourth-order valence-corrected chi connectivity index (χ4v) is 8.28. The summed E-state index contributed by atoms with van der Waals surface area (Å²) >= 11 is 0.709. The van der Waals surface area contributed by atoms with E-state index >= 15 is 0 Å². The van der Waals surface area contributed by atoms with Crippen molar-refractivity contribution >= 4 is 38.2 Å². The molecular weight excluding hydrogens is 562 g/mol. The third-order valence-corrected chi connectivity index (χ3v) is 10.6. The highest BCUT2D eigenvalue weighted by Crippen LogP contribution is 2.47. The number of benzene rings is 1. The van der Waals surface area contributed by atoms with E-state index in [0.717, 1.165) is 18.4 Å². The Morgan fingerprint density at radius 2 is 1.93 bits per heavy atom. The fourth-order valence-electron chi connectivity index (χ4n) is 6.16. The lowest BCUT2D eigenvalue weighted by Crippen LogP contribution is -2.51. The van der Waals surface area contributed by atoms with Crippen LogP contribution in [0.25, 0.3) is 26.4 Å². The maximum Gasteiger partial charge on any atom is 0.299 e. The molecule has 2 aliphatic heterocycles. The van der Waals surface area contributed by atoms with Gasteiger partial charge in [-0.2, -0.15) is 5.10 Å². The summed E-state index contributed by atoms with van der Waals surface area (Å²) in [5.41, 5.74) is 6.46. The van der Waals surface area contributed by atoms with Crippen molar-refractivity contribution in [2.45, 2.75) is 86.5 Å². The largest absolute Gasteiger partial charge is 0.335 e. The second-order valence-electron chi connectivity index (χ2n) is 11.0. The summed E-state index contributed by atoms with van der Waals surface area (Å²) in [5, 5.41) is 12.2. The molecule has 40 heavy (non-hydrogen) atoms. The monoisotopic (exact) mass is 590 g/mol. The number of fused-ring (bicyclic) bond motifs is 3. The third-order valence-electron chi connectivity index (χ3n) is 8.16. The number of carbonyl (C=O) groups is 1. The smallest absolute Gasteiger partial charge is 0.299 e. The van der Waals surface area contributed by atoms with Crippen LogP contribution in [0.5, 0.6) is 0 Å². The highest BCUT2D eigenvalue weighted by molar-refractivity contribution is 7.89. The average molecular weight is 591 g/mol. The van der Waals surface area contributed by atoms with Gasteiger partial charge in [-0.15, -0.1) is 14.9 Å². The Labute approximate surface area is 233 Å². The number of nitrogens with two attached hydrogens (primary N) is 1. The molecule has 0 spiro atoms. The molecule has 1 amide bonds. The van der Waals surface area contributed by atoms with Gasteiger partial charge in [-0.05, 0) is 56.2 Å². The number of alkyl halides is 2. The number of halogens is 2. The summed E-state index contributed by atoms with van der Waals surface area (Å²) < 4.78 is 57.9. The first kappa shape index (κ1) is 27.1. The van der Waals surface area contributed by atoms with Crippen LogP contribution >= 0.6 is 11.3 Å². The summed E-state index contributed by atoms with van der Waals surface area (Å²) in [5.74, 6) is -0.170. The number of nitrogens with zero attached hydrogens (tertiary/aromatic N) is 6. The number of carbonyl (C=O) groups excluding carboxylic acids is 1. The van der Waals surface area contributed by atoms with Crippen molar-refractivity contribution in [3.63, 3.8) is 0 Å². The molecule has 1 saturated carbocycles. The lowest BCUT2D eigenvalue weighted by atomic mass is 9.83. The number of hydrogen-bond donors (Lipinski definition) is 2. The fraction of sp³-hybridized carbons (Fsp3) is 0.560. The summed E-state index contributed by atoms with van der Waals surface area (Å²) in [6, 6.07) is 2.46. The molecule has 3 aromatic rings. The Kier molecular flexibility index (Phi) is 6.45. The zero-order chi connectivity index (χ0) is 28.6. The molecule has 11 nitrogen and oxygen atoms in total. The molecular formula is C25H28F2N8O3S2. The van der Waals surface area contributed by atoms with E-state index in [1.807, 2.05) is 4.90 Å². The molecule has 6 rings (SSSR count). The molecule has 2 saturated heterocycles. The van der Waals surface area contributed by atoms with Crippen LogP contribution in [0.1, 0.15) is 68.4 Å². The highest BCUT2D eigenvalue weighted by Gasteiger charge is 2.54. The molecule has 1 aliphatic carbocycles. The SMILES string of the molecule is [C-]#[N+]C1(NS(=O)(=O)c2cc(C3CC4CCC(C3)N4C(=O)[C@H](C)N)c3c(c2)c(-c2nnc(C(F)F)s2)nn3C)CC1. The number of hydrogen-bond acceptors (Lipinski definition) is 8. The minimum atomic E-state index is -4.10. The second kappa shape index (κ2) is 9.51. The number of sulfonamides is 1. The number of amides is 1. The summed E-state index contributed by atoms with van der Waals surface area (Å²) in [7, 11) is -2.38. The predicted molar refractivity (Wildman–Crippen MR) is 143 cm³/mol. The van der Waals surface area contributed by atoms with Crippen molar-refractivity contribution in [3.05, 3.63) is 34.1 Å². The molecule has 3 atom stereocenters. The first-order chi connectivity index (χ1) is 18.9. The van der Waals surface area contributed by atoms with Gasteiger partial charge in [0.15, 0.2) is 10.0 Å². The van der Waals surface area contributed by atoms with Gasteiger partial charge in [0.05, 0.1) is 29.3 Å². The number of aromatic nitrogens is 4. The number of rotatable bonds is 7. The lowest BCUT2D eigenvalue weighted by molar-refractivity contribution is -0.136. The van der Waals surface area contributed by atoms with E-state index in [0.29, 0.717) is 47.9 Å². The Bertz CT molecular complexity index is 1640. The van der Waals surface area contributed by atoms with Crippen molar-refractivity contribution in [3.8, 4) is 10.7 Å². The molecule has 0 radical (unpaired) electrons. The maximum atomic E-state index is 13.6. The van der Waals surface area contributed by atoms with E-state index in [1.165, 1.54) is 6.07 Å². The van der Waals surface area contributed by atoms with Crippen molar-refractivity contribution in [1.82, 2.24) is 29.6 Å². The summed E-state index contributed by atoms with van der Waals surface area (Å²) in [6.45, 7) is 9.11. The molecule has 3 fully saturated rings. The van der Waals surface area contributed by atoms with E-state index < -0.39 is 33.2 Å². The summed E-state index contributed by atoms with van der Waals surface area (Å²) in [4.78, 5) is 18.2. The zero-order valence-electron chi connectivity index (χ0n) is 21.8. The summed E-state index contributed by atoms with van der Waals surface area (Å²) in [6.07, 6.45) is 1.00. The quantitative estimate of drug-likeness (QED) is 0.403. The van der Waals surface area contributed by atoms with Crippen LogP contribution < -0.4 is 10.5 Å². The maximum absolute atomic E-state index is 13.6. The number of nitrogens with one attached hydrogen (secondary N) is 1. The normalized spacial score (nSPS) is 24.4. The Hall–Kier alpha value is -3.06. The van der Waals surface area contributed by atoms with Gasteiger partial charge in [0.2, 0.25) is 15.9 Å². The van der Waals surface area contributed by atoms with Gasteiger partial charge in [0.25, 0.3) is 12.1 Å². The Balaban J connectivity index is 1.48. The van der Waals surface area contributed by atoms with Gasteiger partial charge in [-0.3, -0.25) is 14.3 Å². The minimum absolute atomic E-state index is 0.0167. The topological polar surface area (TPSA) is 140 Å². The van der Waals surface area contributed by atoms with E-state index in [4.69, 9.17) is 12.3 Å². The van der Waals surface area contributed by atoms with Gasteiger partial charge in [0, 0.05) is 24.5 Å². The van der Waals surface area contributed by atoms with E-state index in [-0.39, 0.29) is 39.5 Å². The van der Waals surface area contributed by atoms with Crippen LogP contribution in [-0.2, 0) is 21.9 Å².